The maximum atomic E-state index is 12.7. The first-order valence-electron chi connectivity index (χ1n) is 8.83. The number of nitrogens with one attached hydrogen (secondary N) is 1. The molecule has 0 aliphatic carbocycles. The van der Waals surface area contributed by atoms with Gasteiger partial charge in [0.05, 0.1) is 6.54 Å². The molecule has 1 aromatic heterocycles. The van der Waals surface area contributed by atoms with Crippen LogP contribution in [0.3, 0.4) is 0 Å². The summed E-state index contributed by atoms with van der Waals surface area (Å²) < 4.78 is 31.2. The number of benzene rings is 1. The van der Waals surface area contributed by atoms with Gasteiger partial charge < -0.3 is 14.7 Å². The number of hydrogen-bond donors (Lipinski definition) is 1. The molecule has 1 aromatic carbocycles. The van der Waals surface area contributed by atoms with E-state index in [2.05, 4.69) is 15.4 Å². The Morgan fingerprint density at radius 3 is 2.41 bits per heavy atom. The third-order valence-electron chi connectivity index (χ3n) is 4.62. The zero-order valence-electron chi connectivity index (χ0n) is 15.7. The van der Waals surface area contributed by atoms with Crippen LogP contribution in [0.1, 0.15) is 24.3 Å². The van der Waals surface area contributed by atoms with Crippen LogP contribution >= 0.6 is 0 Å². The van der Waals surface area contributed by atoms with Crippen molar-refractivity contribution < 1.29 is 17.7 Å². The molecule has 0 atom stereocenters. The third kappa shape index (κ3) is 4.14. The molecule has 0 saturated carbocycles. The molecule has 1 amide bonds. The van der Waals surface area contributed by atoms with Gasteiger partial charge in [-0.15, -0.1) is 0 Å². The molecule has 0 radical (unpaired) electrons. The molecule has 1 fully saturated rings. The number of sulfonamides is 1. The second kappa shape index (κ2) is 7.69. The van der Waals surface area contributed by atoms with Crippen LogP contribution in [0.25, 0.3) is 0 Å². The average molecular weight is 392 g/mol. The van der Waals surface area contributed by atoms with Crippen LogP contribution in [-0.2, 0) is 14.8 Å². The van der Waals surface area contributed by atoms with Crippen molar-refractivity contribution in [2.24, 2.45) is 0 Å². The first-order valence-corrected chi connectivity index (χ1v) is 10.3. The van der Waals surface area contributed by atoms with E-state index >= 15 is 0 Å². The Morgan fingerprint density at radius 2 is 1.85 bits per heavy atom. The highest BCUT2D eigenvalue weighted by atomic mass is 32.2. The van der Waals surface area contributed by atoms with Gasteiger partial charge in [0.1, 0.15) is 10.6 Å². The molecule has 146 valence electrons. The number of carbonyl (C=O) groups is 1. The summed E-state index contributed by atoms with van der Waals surface area (Å²) in [6, 6.07) is 7.58. The van der Waals surface area contributed by atoms with E-state index in [0.717, 1.165) is 23.1 Å². The number of carbonyl (C=O) groups excluding carboxylic acids is 1. The molecule has 2 aromatic rings. The fraction of sp³-hybridized carbons (Fsp3) is 0.444. The fourth-order valence-corrected chi connectivity index (χ4v) is 4.63. The smallest absolute Gasteiger partial charge is 0.248 e. The highest BCUT2D eigenvalue weighted by Crippen LogP contribution is 2.23. The topological polar surface area (TPSA) is 95.8 Å². The lowest BCUT2D eigenvalue weighted by Crippen LogP contribution is -2.35. The molecule has 0 unspecified atom stereocenters. The Hall–Kier alpha value is -2.39. The lowest BCUT2D eigenvalue weighted by Gasteiger charge is -2.18. The highest BCUT2D eigenvalue weighted by Gasteiger charge is 2.29. The lowest BCUT2D eigenvalue weighted by molar-refractivity contribution is -0.116. The predicted octanol–water partition coefficient (Wildman–Crippen LogP) is 2.15. The predicted molar refractivity (Wildman–Crippen MR) is 102 cm³/mol. The van der Waals surface area contributed by atoms with E-state index < -0.39 is 15.9 Å². The van der Waals surface area contributed by atoms with Crippen molar-refractivity contribution in [3.8, 4) is 0 Å². The van der Waals surface area contributed by atoms with Crippen molar-refractivity contribution in [3.63, 3.8) is 0 Å². The van der Waals surface area contributed by atoms with Crippen LogP contribution < -0.4 is 10.2 Å². The molecule has 0 spiro atoms. The zero-order chi connectivity index (χ0) is 19.6. The number of amides is 1. The van der Waals surface area contributed by atoms with Gasteiger partial charge in [0, 0.05) is 31.5 Å². The van der Waals surface area contributed by atoms with Gasteiger partial charge in [0.2, 0.25) is 15.9 Å². The van der Waals surface area contributed by atoms with E-state index in [-0.39, 0.29) is 22.9 Å². The van der Waals surface area contributed by atoms with Gasteiger partial charge in [-0.2, -0.15) is 4.31 Å². The minimum absolute atomic E-state index is 0.00719. The van der Waals surface area contributed by atoms with Gasteiger partial charge in [-0.05, 0) is 51.0 Å². The summed E-state index contributed by atoms with van der Waals surface area (Å²) >= 11 is 0. The van der Waals surface area contributed by atoms with Gasteiger partial charge in [-0.1, -0.05) is 5.16 Å². The molecule has 1 aliphatic rings. The first-order chi connectivity index (χ1) is 12.8. The largest absolute Gasteiger partial charge is 0.372 e. The van der Waals surface area contributed by atoms with Gasteiger partial charge >= 0.3 is 0 Å². The molecule has 0 bridgehead atoms. The molecule has 2 heterocycles. The van der Waals surface area contributed by atoms with Crippen molar-refractivity contribution in [1.29, 1.82) is 0 Å². The number of anilines is 2. The van der Waals surface area contributed by atoms with Gasteiger partial charge in [-0.3, -0.25) is 4.79 Å². The van der Waals surface area contributed by atoms with Gasteiger partial charge in [-0.25, -0.2) is 8.42 Å². The molecule has 8 nitrogen and oxygen atoms in total. The number of rotatable bonds is 6. The summed E-state index contributed by atoms with van der Waals surface area (Å²) in [5.74, 6) is -0.209. The Balaban J connectivity index is 1.63. The molecule has 1 aliphatic heterocycles. The average Bonchev–Trinajstić information content (AvgIpc) is 3.25. The number of hydrogen-bond acceptors (Lipinski definition) is 6. The SMILES string of the molecule is Cc1noc(C)c1S(=O)(=O)N(C)CC(=O)Nc1ccc(N2CCCC2)cc1. The summed E-state index contributed by atoms with van der Waals surface area (Å²) in [5, 5.41) is 6.40. The molecular weight excluding hydrogens is 368 g/mol. The van der Waals surface area contributed by atoms with E-state index in [9.17, 15) is 13.2 Å². The highest BCUT2D eigenvalue weighted by molar-refractivity contribution is 7.89. The molecule has 1 saturated heterocycles. The Morgan fingerprint density at radius 1 is 1.22 bits per heavy atom. The van der Waals surface area contributed by atoms with Crippen LogP contribution in [0.2, 0.25) is 0 Å². The molecule has 27 heavy (non-hydrogen) atoms. The van der Waals surface area contributed by atoms with Gasteiger partial charge in [0.15, 0.2) is 5.76 Å². The van der Waals surface area contributed by atoms with Gasteiger partial charge in [0.25, 0.3) is 0 Å². The van der Waals surface area contributed by atoms with Crippen molar-refractivity contribution in [2.75, 3.05) is 36.9 Å². The van der Waals surface area contributed by atoms with Crippen molar-refractivity contribution in [3.05, 3.63) is 35.7 Å². The maximum absolute atomic E-state index is 12.7. The second-order valence-electron chi connectivity index (χ2n) is 6.70. The van der Waals surface area contributed by atoms with Crippen molar-refractivity contribution in [2.45, 2.75) is 31.6 Å². The Kier molecular flexibility index (Phi) is 5.52. The summed E-state index contributed by atoms with van der Waals surface area (Å²) in [6.07, 6.45) is 2.40. The Bertz CT molecular complexity index is 896. The third-order valence-corrected chi connectivity index (χ3v) is 6.67. The van der Waals surface area contributed by atoms with Crippen LogP contribution in [0.4, 0.5) is 11.4 Å². The van der Waals surface area contributed by atoms with E-state index in [1.807, 2.05) is 24.3 Å². The minimum Gasteiger partial charge on any atom is -0.372 e. The van der Waals surface area contributed by atoms with E-state index in [4.69, 9.17) is 4.52 Å². The van der Waals surface area contributed by atoms with E-state index in [1.54, 1.807) is 6.92 Å². The molecular formula is C18H24N4O4S. The molecule has 9 heteroatoms. The normalized spacial score (nSPS) is 14.7. The standard InChI is InChI=1S/C18H24N4O4S/c1-13-18(14(2)26-20-13)27(24,25)21(3)12-17(23)19-15-6-8-16(9-7-15)22-10-4-5-11-22/h6-9H,4-5,10-12H2,1-3H3,(H,19,23). The minimum atomic E-state index is -3.85. The molecule has 3 rings (SSSR count). The first kappa shape index (κ1) is 19.4. The number of nitrogens with zero attached hydrogens (tertiary/aromatic N) is 3. The quantitative estimate of drug-likeness (QED) is 0.809. The molecule has 1 N–H and O–H groups in total. The fourth-order valence-electron chi connectivity index (χ4n) is 3.22. The zero-order valence-corrected chi connectivity index (χ0v) is 16.5. The van der Waals surface area contributed by atoms with Crippen LogP contribution in [0.5, 0.6) is 0 Å². The monoisotopic (exact) mass is 392 g/mol. The number of likely N-dealkylation sites (N-methyl/N-ethyl adjacent to an activating group) is 1. The van der Waals surface area contributed by atoms with Crippen LogP contribution in [0, 0.1) is 13.8 Å². The van der Waals surface area contributed by atoms with Crippen LogP contribution in [-0.4, -0.2) is 50.5 Å². The van der Waals surface area contributed by atoms with E-state index in [0.29, 0.717) is 5.69 Å². The van der Waals surface area contributed by atoms with Crippen LogP contribution in [0.15, 0.2) is 33.7 Å². The van der Waals surface area contributed by atoms with Crippen molar-refractivity contribution in [1.82, 2.24) is 9.46 Å². The number of aryl methyl sites for hydroxylation is 2. The van der Waals surface area contributed by atoms with Crippen molar-refractivity contribution >= 4 is 27.3 Å². The van der Waals surface area contributed by atoms with E-state index in [1.165, 1.54) is 26.8 Å². The maximum Gasteiger partial charge on any atom is 0.248 e. The number of aromatic nitrogens is 1. The summed E-state index contributed by atoms with van der Waals surface area (Å²) in [4.78, 5) is 14.6. The summed E-state index contributed by atoms with van der Waals surface area (Å²) in [5.41, 5.74) is 2.03. The lowest BCUT2D eigenvalue weighted by atomic mass is 10.2. The summed E-state index contributed by atoms with van der Waals surface area (Å²) in [7, 11) is -2.49. The second-order valence-corrected chi connectivity index (χ2v) is 8.69. The summed E-state index contributed by atoms with van der Waals surface area (Å²) in [6.45, 7) is 4.88. The Labute approximate surface area is 159 Å².